The molecule has 0 aliphatic carbocycles. The third kappa shape index (κ3) is 12.8. The van der Waals surface area contributed by atoms with Crippen LogP contribution in [0.5, 0.6) is 0 Å². The number of ether oxygens (including phenoxy) is 2. The summed E-state index contributed by atoms with van der Waals surface area (Å²) in [7, 11) is -3.99. The largest absolute Gasteiger partial charge is 0.444 e. The van der Waals surface area contributed by atoms with Crippen LogP contribution in [0.15, 0.2) is 0 Å². The van der Waals surface area contributed by atoms with Gasteiger partial charge in [-0.25, -0.2) is 4.79 Å². The Morgan fingerprint density at radius 3 is 2.30 bits per heavy atom. The standard InChI is InChI=1S/C20H35NO8S/c1-8-10-27-11-9-12-30(25,26)28-14-20(7,24)17(22)16(13-15(2)3)21-18(23)29-19(4,5)6/h1,15-16,24H,9-14H2,2-7H3,(H,21,23)/t16-,20+/m0/s1. The molecule has 0 aliphatic rings. The van der Waals surface area contributed by atoms with Gasteiger partial charge in [0.25, 0.3) is 10.1 Å². The summed E-state index contributed by atoms with van der Waals surface area (Å²) in [6.07, 6.45) is 4.59. The second-order valence-corrected chi connectivity index (χ2v) is 10.4. The number of carbonyl (C=O) groups excluding carboxylic acids is 2. The Kier molecular flexibility index (Phi) is 11.6. The van der Waals surface area contributed by atoms with Gasteiger partial charge in [-0.15, -0.1) is 6.42 Å². The van der Waals surface area contributed by atoms with Crippen LogP contribution in [0.25, 0.3) is 0 Å². The van der Waals surface area contributed by atoms with E-state index in [4.69, 9.17) is 20.1 Å². The Morgan fingerprint density at radius 2 is 1.80 bits per heavy atom. The van der Waals surface area contributed by atoms with Crippen LogP contribution in [-0.2, 0) is 28.6 Å². The number of ketones is 1. The molecule has 0 rings (SSSR count). The molecule has 0 saturated carbocycles. The fourth-order valence-electron chi connectivity index (χ4n) is 2.33. The first kappa shape index (κ1) is 28.3. The van der Waals surface area contributed by atoms with Gasteiger partial charge in [0.05, 0.1) is 11.8 Å². The van der Waals surface area contributed by atoms with Gasteiger partial charge < -0.3 is 19.9 Å². The Hall–Kier alpha value is -1.67. The molecule has 0 unspecified atom stereocenters. The van der Waals surface area contributed by atoms with Crippen molar-refractivity contribution in [1.29, 1.82) is 0 Å². The first-order chi connectivity index (χ1) is 13.6. The van der Waals surface area contributed by atoms with Crippen LogP contribution in [0.4, 0.5) is 4.79 Å². The molecule has 0 aromatic rings. The molecule has 0 spiro atoms. The summed E-state index contributed by atoms with van der Waals surface area (Å²) in [6.45, 7) is 9.30. The molecule has 2 atom stereocenters. The topological polar surface area (TPSA) is 128 Å². The lowest BCUT2D eigenvalue weighted by Crippen LogP contribution is -2.54. The van der Waals surface area contributed by atoms with Crippen molar-refractivity contribution in [2.75, 3.05) is 25.6 Å². The van der Waals surface area contributed by atoms with E-state index in [1.54, 1.807) is 20.8 Å². The third-order valence-electron chi connectivity index (χ3n) is 3.63. The number of hydrogen-bond donors (Lipinski definition) is 2. The SMILES string of the molecule is C#CCOCCCS(=O)(=O)OC[C@@](C)(O)C(=O)[C@H](CC(C)C)NC(=O)OC(C)(C)C. The lowest BCUT2D eigenvalue weighted by atomic mass is 9.90. The van der Waals surface area contributed by atoms with Gasteiger partial charge in [0.1, 0.15) is 24.4 Å². The summed E-state index contributed by atoms with van der Waals surface area (Å²) < 4.78 is 38.9. The number of terminal acetylenes is 1. The molecule has 174 valence electrons. The zero-order chi connectivity index (χ0) is 23.6. The molecular weight excluding hydrogens is 414 g/mol. The van der Waals surface area contributed by atoms with E-state index in [1.165, 1.54) is 0 Å². The molecule has 1 amide bonds. The number of Topliss-reactive ketones (excluding diaryl/α,β-unsaturated/α-hetero) is 1. The Balaban J connectivity index is 4.99. The molecule has 2 N–H and O–H groups in total. The van der Waals surface area contributed by atoms with Gasteiger partial charge in [-0.1, -0.05) is 19.8 Å². The first-order valence-corrected chi connectivity index (χ1v) is 11.3. The minimum Gasteiger partial charge on any atom is -0.444 e. The van der Waals surface area contributed by atoms with Gasteiger partial charge in [0, 0.05) is 6.61 Å². The van der Waals surface area contributed by atoms with E-state index in [2.05, 4.69) is 11.2 Å². The monoisotopic (exact) mass is 449 g/mol. The van der Waals surface area contributed by atoms with E-state index >= 15 is 0 Å². The second-order valence-electron chi connectivity index (χ2n) is 8.60. The maximum atomic E-state index is 12.8. The third-order valence-corrected chi connectivity index (χ3v) is 4.90. The molecule has 0 aromatic heterocycles. The molecule has 10 heteroatoms. The summed E-state index contributed by atoms with van der Waals surface area (Å²) in [5.41, 5.74) is -2.90. The highest BCUT2D eigenvalue weighted by atomic mass is 32.2. The van der Waals surface area contributed by atoms with Crippen molar-refractivity contribution < 1.29 is 36.8 Å². The summed E-state index contributed by atoms with van der Waals surface area (Å²) in [4.78, 5) is 24.9. The molecule has 0 radical (unpaired) electrons. The highest BCUT2D eigenvalue weighted by Crippen LogP contribution is 2.17. The van der Waals surface area contributed by atoms with Crippen LogP contribution in [0.1, 0.15) is 54.4 Å². The minimum atomic E-state index is -3.99. The van der Waals surface area contributed by atoms with Crippen molar-refractivity contribution in [2.24, 2.45) is 5.92 Å². The molecule has 0 heterocycles. The fourth-order valence-corrected chi connectivity index (χ4v) is 3.33. The van der Waals surface area contributed by atoms with Crippen LogP contribution in [0.2, 0.25) is 0 Å². The average Bonchev–Trinajstić information content (AvgIpc) is 2.56. The number of nitrogens with one attached hydrogen (secondary N) is 1. The van der Waals surface area contributed by atoms with Crippen LogP contribution in [0, 0.1) is 18.3 Å². The number of carbonyl (C=O) groups is 2. The number of rotatable bonds is 13. The van der Waals surface area contributed by atoms with Crippen LogP contribution in [0.3, 0.4) is 0 Å². The summed E-state index contributed by atoms with van der Waals surface area (Å²) in [5.74, 6) is 1.15. The predicted octanol–water partition coefficient (Wildman–Crippen LogP) is 1.63. The average molecular weight is 450 g/mol. The van der Waals surface area contributed by atoms with Gasteiger partial charge in [-0.3, -0.25) is 8.98 Å². The molecule has 0 bridgehead atoms. The number of alkyl carbamates (subject to hydrolysis) is 1. The number of amides is 1. The zero-order valence-electron chi connectivity index (χ0n) is 18.7. The quantitative estimate of drug-likeness (QED) is 0.247. The molecule has 0 fully saturated rings. The predicted molar refractivity (Wildman–Crippen MR) is 112 cm³/mol. The summed E-state index contributed by atoms with van der Waals surface area (Å²) >= 11 is 0. The van der Waals surface area contributed by atoms with E-state index in [0.29, 0.717) is 0 Å². The molecule has 0 aliphatic heterocycles. The maximum Gasteiger partial charge on any atom is 0.408 e. The first-order valence-electron chi connectivity index (χ1n) is 9.74. The van der Waals surface area contributed by atoms with Crippen LogP contribution >= 0.6 is 0 Å². The van der Waals surface area contributed by atoms with Gasteiger partial charge in [0.15, 0.2) is 5.78 Å². The smallest absolute Gasteiger partial charge is 0.408 e. The number of hydrogen-bond acceptors (Lipinski definition) is 8. The van der Waals surface area contributed by atoms with Crippen LogP contribution in [-0.4, -0.2) is 68.2 Å². The van der Waals surface area contributed by atoms with Gasteiger partial charge in [0.2, 0.25) is 0 Å². The van der Waals surface area contributed by atoms with E-state index < -0.39 is 45.8 Å². The van der Waals surface area contributed by atoms with Crippen molar-refractivity contribution in [3.8, 4) is 12.3 Å². The van der Waals surface area contributed by atoms with Crippen LogP contribution < -0.4 is 5.32 Å². The summed E-state index contributed by atoms with van der Waals surface area (Å²) in [6, 6.07) is -1.07. The molecular formula is C20H35NO8S. The Morgan fingerprint density at radius 1 is 1.20 bits per heavy atom. The van der Waals surface area contributed by atoms with E-state index in [9.17, 15) is 23.1 Å². The van der Waals surface area contributed by atoms with Gasteiger partial charge in [-0.2, -0.15) is 8.42 Å². The summed E-state index contributed by atoms with van der Waals surface area (Å²) in [5, 5.41) is 13.0. The highest BCUT2D eigenvalue weighted by molar-refractivity contribution is 7.86. The van der Waals surface area contributed by atoms with Crippen molar-refractivity contribution in [2.45, 2.75) is 71.6 Å². The zero-order valence-corrected chi connectivity index (χ0v) is 19.5. The van der Waals surface area contributed by atoms with E-state index in [1.807, 2.05) is 13.8 Å². The van der Waals surface area contributed by atoms with E-state index in [-0.39, 0.29) is 37.7 Å². The second kappa shape index (κ2) is 12.2. The maximum absolute atomic E-state index is 12.8. The molecule has 0 saturated heterocycles. The molecule has 9 nitrogen and oxygen atoms in total. The van der Waals surface area contributed by atoms with Gasteiger partial charge in [-0.05, 0) is 46.5 Å². The Bertz CT molecular complexity index is 701. The fraction of sp³-hybridized carbons (Fsp3) is 0.800. The van der Waals surface area contributed by atoms with Crippen molar-refractivity contribution >= 4 is 22.0 Å². The van der Waals surface area contributed by atoms with Crippen molar-refractivity contribution in [1.82, 2.24) is 5.32 Å². The van der Waals surface area contributed by atoms with Crippen molar-refractivity contribution in [3.05, 3.63) is 0 Å². The lowest BCUT2D eigenvalue weighted by molar-refractivity contribution is -0.141. The van der Waals surface area contributed by atoms with Crippen molar-refractivity contribution in [3.63, 3.8) is 0 Å². The Labute approximate surface area is 180 Å². The molecule has 0 aromatic carbocycles. The highest BCUT2D eigenvalue weighted by Gasteiger charge is 2.39. The number of aliphatic hydroxyl groups is 1. The lowest BCUT2D eigenvalue weighted by Gasteiger charge is -2.29. The van der Waals surface area contributed by atoms with Gasteiger partial charge >= 0.3 is 6.09 Å². The molecule has 30 heavy (non-hydrogen) atoms. The van der Waals surface area contributed by atoms with E-state index in [0.717, 1.165) is 6.92 Å². The minimum absolute atomic E-state index is 0.0114. The normalized spacial score (nSPS) is 15.2.